The first-order valence-electron chi connectivity index (χ1n) is 42.6. The third-order valence-corrected chi connectivity index (χ3v) is 18.4. The molecule has 1 unspecified atom stereocenters. The van der Waals surface area contributed by atoms with Gasteiger partial charge in [-0.05, 0) is 110 Å². The molecule has 0 saturated heterocycles. The quantitative estimate of drug-likeness (QED) is 0.0187. The predicted molar refractivity (Wildman–Crippen MR) is 526 cm³/mol. The number of hydrogen-bond donors (Lipinski definition) is 10. The van der Waals surface area contributed by atoms with Crippen molar-refractivity contribution in [3.63, 3.8) is 0 Å². The number of allylic oxidation sites excluding steroid dienone is 2. The molecule has 14 N–H and O–H groups in total. The van der Waals surface area contributed by atoms with Crippen molar-refractivity contribution in [3.05, 3.63) is 209 Å². The van der Waals surface area contributed by atoms with Gasteiger partial charge in [0.05, 0.1) is 43.3 Å². The van der Waals surface area contributed by atoms with E-state index >= 15 is 0 Å². The smallest absolute Gasteiger partial charge is 0.222 e. The van der Waals surface area contributed by atoms with Crippen molar-refractivity contribution in [1.29, 1.82) is 0 Å². The molecule has 133 heavy (non-hydrogen) atoms. The van der Waals surface area contributed by atoms with E-state index in [0.717, 1.165) is 69.9 Å². The molecule has 0 aromatic carbocycles. The lowest BCUT2D eigenvalue weighted by Crippen LogP contribution is -2.19. The molecule has 0 aliphatic carbocycles. The van der Waals surface area contributed by atoms with Gasteiger partial charge in [0.2, 0.25) is 11.9 Å². The number of aryl methyl sites for hydroxylation is 4. The Kier molecular flexibility index (Phi) is 39.7. The Hall–Kier alpha value is -16.4. The van der Waals surface area contributed by atoms with Crippen LogP contribution in [0.5, 0.6) is 69.0 Å². The van der Waals surface area contributed by atoms with Crippen LogP contribution < -0.4 is 77.9 Å². The van der Waals surface area contributed by atoms with Crippen LogP contribution in [0.4, 0.5) is 52.6 Å². The zero-order chi connectivity index (χ0) is 97.7. The second-order valence-corrected chi connectivity index (χ2v) is 31.0. The Bertz CT molecular complexity index is 6230. The zero-order valence-corrected chi connectivity index (χ0v) is 78.9. The maximum Gasteiger partial charge on any atom is 0.222 e. The van der Waals surface area contributed by atoms with Crippen molar-refractivity contribution in [2.75, 3.05) is 76.2 Å². The molecule has 12 aromatic rings. The molecule has 0 amide bonds. The highest BCUT2D eigenvalue weighted by Crippen LogP contribution is 2.40. The van der Waals surface area contributed by atoms with Crippen LogP contribution >= 0.6 is 0 Å². The maximum absolute atomic E-state index is 9.75. The van der Waals surface area contributed by atoms with Crippen LogP contribution in [-0.4, -0.2) is 134 Å². The lowest BCUT2D eigenvalue weighted by molar-refractivity contribution is 0.183. The number of aliphatic hydroxyl groups excluding tert-OH is 1. The summed E-state index contributed by atoms with van der Waals surface area (Å²) in [6.45, 7) is 47.2. The second-order valence-electron chi connectivity index (χ2n) is 31.0. The van der Waals surface area contributed by atoms with Crippen LogP contribution in [0.1, 0.15) is 226 Å². The molecular formula is C99H117N27O7. The summed E-state index contributed by atoms with van der Waals surface area (Å²) in [6.07, 6.45) is 47.9. The molecule has 0 fully saturated rings. The summed E-state index contributed by atoms with van der Waals surface area (Å²) in [6, 6.07) is 10.7. The van der Waals surface area contributed by atoms with Crippen molar-refractivity contribution >= 4 is 63.8 Å². The fraction of sp³-hybridized carbons (Fsp3) is 0.313. The van der Waals surface area contributed by atoms with Gasteiger partial charge in [-0.25, -0.2) is 79.7 Å². The Balaban J connectivity index is 0.000000218. The van der Waals surface area contributed by atoms with Gasteiger partial charge in [0.25, 0.3) is 0 Å². The number of pyridine rings is 6. The van der Waals surface area contributed by atoms with E-state index in [2.05, 4.69) is 208 Å². The van der Waals surface area contributed by atoms with Gasteiger partial charge in [-0.15, -0.1) is 32.1 Å². The fourth-order valence-electron chi connectivity index (χ4n) is 11.5. The number of nitrogens with zero attached hydrogens (tertiary/aromatic N) is 18. The molecule has 12 aromatic heterocycles. The van der Waals surface area contributed by atoms with Crippen molar-refractivity contribution in [3.8, 4) is 131 Å². The highest BCUT2D eigenvalue weighted by molar-refractivity contribution is 5.70. The first-order valence-corrected chi connectivity index (χ1v) is 42.6. The summed E-state index contributed by atoms with van der Waals surface area (Å²) in [5.74, 6) is 26.5. The monoisotopic (exact) mass is 1800 g/mol. The Morgan fingerprint density at radius 3 is 1.03 bits per heavy atom. The molecule has 0 radical (unpaired) electrons. The van der Waals surface area contributed by atoms with Crippen LogP contribution in [0.25, 0.3) is 11.1 Å². The zero-order valence-electron chi connectivity index (χ0n) is 78.9. The molecule has 34 heteroatoms. The minimum atomic E-state index is -0.496. The van der Waals surface area contributed by atoms with E-state index in [1.165, 1.54) is 12.4 Å². The molecule has 0 aliphatic rings. The highest BCUT2D eigenvalue weighted by atomic mass is 16.5. The minimum absolute atomic E-state index is 0.115. The van der Waals surface area contributed by atoms with E-state index in [4.69, 9.17) is 83.5 Å². The Labute approximate surface area is 779 Å². The Morgan fingerprint density at radius 2 is 0.692 bits per heavy atom. The summed E-state index contributed by atoms with van der Waals surface area (Å²) in [7, 11) is 1.79. The van der Waals surface area contributed by atoms with Gasteiger partial charge < -0.3 is 83.0 Å². The number of rotatable bonds is 30. The van der Waals surface area contributed by atoms with Gasteiger partial charge in [0.15, 0.2) is 69.4 Å². The number of hydrogen-bond acceptors (Lipinski definition) is 34. The number of ether oxygens (including phenoxy) is 6. The second kappa shape index (κ2) is 51.0. The standard InChI is InChI=1S/C18H23N5O2.C18H22N4O.C17H21N5O.C16H18N4O.C15H19N5O.C15H14N4O/c1-5-12-7-15(14(9-20-12)11(3)4)25-16-10-22-18(19)23-17(16)21-8-13(24)6-2;1-7-14-8-16(15(9-20-14)11(2)3)23-17-10-19-13(6)22-18(17)21-12(4)5;1-5-7-19-16-15(10-21-17(18)22-16)23-14-8-12(6-2)20-9-13(14)11(3)4;1-6-12-7-14(13(8-19-12)10(2)3)21-15-9-18-11(4)20-16(15)17-5;1-5-17-14-6-12(11(7-19-14)9(2)3)21-13-8-18-10(4)20-15(13)16;1-5-11-6-13(12(7-18-11)9(2)3)20-14-8-17-10(4)19-15(14)16/h1,7,9-11,13,24H,6,8H2,2-4H3,(H3,19,21,22,23);1,8-12H,2-6H3,(H,19,21,22);2,8-11H,5,7H2,1,3-4H3,(H3,18,19,21,22);1,7-10H,2-5H3,(H,17,18,20);6-8H,2,5H2,1,3-4H3,(H,17,19)(H2,16,18,20);1,6-8H,2H2,3-4H3,(H2,16,17,19). The molecule has 0 spiro atoms. The van der Waals surface area contributed by atoms with E-state index in [0.29, 0.717) is 163 Å². The third-order valence-electron chi connectivity index (χ3n) is 18.4. The normalized spacial score (nSPS) is 10.6. The van der Waals surface area contributed by atoms with Gasteiger partial charge in [-0.3, -0.25) is 0 Å². The van der Waals surface area contributed by atoms with E-state index in [1.807, 2.05) is 75.3 Å². The van der Waals surface area contributed by atoms with Crippen molar-refractivity contribution in [1.82, 2.24) is 89.7 Å². The SMILES string of the molecule is C#Cc1cc(Oc2cnc(C)nc2N)c(C(=C)C)cn1.C#Cc1cc(Oc2cnc(C)nc2NC(C)C)c(C(C)C)cn1.C#Cc1cc(Oc2cnc(C)nc2NC)c(C(C)C)cn1.C#Cc1cc(Oc2cnc(N)nc2NCC(O)CC)c(C(C)C)cn1.C#Cc1cc(Oc2cnc(N)nc2NCCC)c(C(C)C)cn1.C=C(C)c1cnc(NCC)cc1Oc1cnc(C)nc1N. The molecule has 690 valence electrons. The largest absolute Gasteiger partial charge is 0.451 e. The number of nitrogen functional groups attached to an aromatic ring is 4. The van der Waals surface area contributed by atoms with E-state index in [-0.39, 0.29) is 47.4 Å². The summed E-state index contributed by atoms with van der Waals surface area (Å²) in [4.78, 5) is 75.1. The van der Waals surface area contributed by atoms with Crippen molar-refractivity contribution < 1.29 is 33.5 Å². The number of nitrogens with one attached hydrogen (secondary N) is 5. The van der Waals surface area contributed by atoms with Gasteiger partial charge in [-0.2, -0.15) is 9.97 Å². The van der Waals surface area contributed by atoms with Crippen LogP contribution in [0, 0.1) is 89.4 Å². The molecule has 0 saturated carbocycles. The lowest BCUT2D eigenvalue weighted by Gasteiger charge is -2.17. The summed E-state index contributed by atoms with van der Waals surface area (Å²) >= 11 is 0. The number of anilines is 9. The average molecular weight is 1800 g/mol. The summed E-state index contributed by atoms with van der Waals surface area (Å²) in [5, 5.41) is 25.4. The molecule has 0 bridgehead atoms. The summed E-state index contributed by atoms with van der Waals surface area (Å²) in [5.41, 5.74) is 32.6. The number of terminal acetylenes is 5. The molecule has 12 rings (SSSR count). The minimum Gasteiger partial charge on any atom is -0.451 e. The van der Waals surface area contributed by atoms with Gasteiger partial charge >= 0.3 is 0 Å². The third kappa shape index (κ3) is 31.5. The molecule has 0 aliphatic heterocycles. The van der Waals surface area contributed by atoms with Gasteiger partial charge in [-0.1, -0.05) is 112 Å². The average Bonchev–Trinajstić information content (AvgIpc) is 0.849. The molecule has 12 heterocycles. The van der Waals surface area contributed by atoms with E-state index < -0.39 is 6.10 Å². The van der Waals surface area contributed by atoms with Crippen LogP contribution in [0.3, 0.4) is 0 Å². The first kappa shape index (κ1) is 104. The van der Waals surface area contributed by atoms with Crippen LogP contribution in [0.2, 0.25) is 0 Å². The molecule has 34 nitrogen and oxygen atoms in total. The van der Waals surface area contributed by atoms with Crippen LogP contribution in [-0.2, 0) is 0 Å². The summed E-state index contributed by atoms with van der Waals surface area (Å²) < 4.78 is 35.7. The van der Waals surface area contributed by atoms with Crippen LogP contribution in [0.15, 0.2) is 124 Å². The first-order chi connectivity index (χ1) is 63.4. The number of aromatic nitrogens is 18. The van der Waals surface area contributed by atoms with E-state index in [9.17, 15) is 5.11 Å². The highest BCUT2D eigenvalue weighted by Gasteiger charge is 2.22. The maximum atomic E-state index is 9.75. The molecule has 1 atom stereocenters. The predicted octanol–water partition coefficient (Wildman–Crippen LogP) is 18.3. The van der Waals surface area contributed by atoms with Crippen molar-refractivity contribution in [2.45, 2.75) is 180 Å². The fourth-order valence-corrected chi connectivity index (χ4v) is 11.5. The van der Waals surface area contributed by atoms with E-state index in [1.54, 1.807) is 113 Å². The topological polar surface area (TPSA) is 472 Å². The molecular weight excluding hydrogens is 1680 g/mol. The van der Waals surface area contributed by atoms with Gasteiger partial charge in [0.1, 0.15) is 92.1 Å². The van der Waals surface area contributed by atoms with Crippen molar-refractivity contribution in [2.24, 2.45) is 0 Å². The number of aliphatic hydroxyl groups is 1. The lowest BCUT2D eigenvalue weighted by atomic mass is 10.0. The Morgan fingerprint density at radius 1 is 0.376 bits per heavy atom. The number of nitrogens with two attached hydrogens (primary N) is 4. The van der Waals surface area contributed by atoms with Gasteiger partial charge in [0, 0.05) is 140 Å².